The number of amides is 1. The van der Waals surface area contributed by atoms with Crippen LogP contribution in [0.2, 0.25) is 5.02 Å². The van der Waals surface area contributed by atoms with Crippen LogP contribution in [-0.2, 0) is 11.2 Å². The molecule has 0 atom stereocenters. The summed E-state index contributed by atoms with van der Waals surface area (Å²) in [5, 5.41) is 13.3. The predicted molar refractivity (Wildman–Crippen MR) is 121 cm³/mol. The van der Waals surface area contributed by atoms with E-state index in [1.165, 1.54) is 17.4 Å². The number of hydrogen-bond acceptors (Lipinski definition) is 5. The normalized spacial score (nSPS) is 11.0. The fourth-order valence-electron chi connectivity index (χ4n) is 2.66. The summed E-state index contributed by atoms with van der Waals surface area (Å²) in [5.41, 5.74) is 1.76. The number of nitrogens with one attached hydrogen (secondary N) is 1. The van der Waals surface area contributed by atoms with Gasteiger partial charge in [0, 0.05) is 28.1 Å². The first-order chi connectivity index (χ1) is 14.6. The largest absolute Gasteiger partial charge is 0.493 e. The Morgan fingerprint density at radius 3 is 2.77 bits per heavy atom. The van der Waals surface area contributed by atoms with Gasteiger partial charge in [-0.15, -0.1) is 11.3 Å². The van der Waals surface area contributed by atoms with Crippen LogP contribution in [-0.4, -0.2) is 17.5 Å². The molecule has 0 radical (unpaired) electrons. The molecule has 0 saturated carbocycles. The Balaban J connectivity index is 1.70. The van der Waals surface area contributed by atoms with Gasteiger partial charge >= 0.3 is 0 Å². The number of rotatable bonds is 8. The lowest BCUT2D eigenvalue weighted by Crippen LogP contribution is -2.13. The van der Waals surface area contributed by atoms with E-state index in [2.05, 4.69) is 10.3 Å². The number of halogens is 1. The standard InChI is InChI=1S/C23H20ClN3O2S/c1-2-11-29-21-6-4-3-5-17(21)13-18(14-25)22(28)27-23-26-15-20(30-23)12-16-7-9-19(24)10-8-16/h3-10,13,15H,2,11-12H2,1H3,(H,26,27,28)/b18-13+. The Labute approximate surface area is 184 Å². The molecule has 1 heterocycles. The van der Waals surface area contributed by atoms with Crippen molar-refractivity contribution in [3.8, 4) is 11.8 Å². The topological polar surface area (TPSA) is 75.0 Å². The Morgan fingerprint density at radius 1 is 1.27 bits per heavy atom. The number of aromatic nitrogens is 1. The summed E-state index contributed by atoms with van der Waals surface area (Å²) in [6.07, 6.45) is 4.81. The number of para-hydroxylation sites is 1. The van der Waals surface area contributed by atoms with E-state index in [4.69, 9.17) is 16.3 Å². The number of benzene rings is 2. The summed E-state index contributed by atoms with van der Waals surface area (Å²) in [7, 11) is 0. The Bertz CT molecular complexity index is 1080. The zero-order valence-electron chi connectivity index (χ0n) is 16.4. The fraction of sp³-hybridized carbons (Fsp3) is 0.174. The van der Waals surface area contributed by atoms with Gasteiger partial charge in [0.15, 0.2) is 5.13 Å². The van der Waals surface area contributed by atoms with Gasteiger partial charge in [-0.2, -0.15) is 5.26 Å². The van der Waals surface area contributed by atoms with Gasteiger partial charge in [-0.1, -0.05) is 48.9 Å². The maximum absolute atomic E-state index is 12.6. The molecule has 3 rings (SSSR count). The van der Waals surface area contributed by atoms with E-state index in [1.54, 1.807) is 6.20 Å². The second-order valence-corrected chi connectivity index (χ2v) is 8.00. The zero-order chi connectivity index (χ0) is 21.3. The van der Waals surface area contributed by atoms with Crippen molar-refractivity contribution in [2.75, 3.05) is 11.9 Å². The molecule has 2 aromatic carbocycles. The molecular weight excluding hydrogens is 418 g/mol. The van der Waals surface area contributed by atoms with Gasteiger partial charge in [-0.25, -0.2) is 4.98 Å². The molecule has 0 fully saturated rings. The van der Waals surface area contributed by atoms with E-state index in [-0.39, 0.29) is 5.57 Å². The molecule has 0 spiro atoms. The predicted octanol–water partition coefficient (Wildman–Crippen LogP) is 5.72. The first-order valence-corrected chi connectivity index (χ1v) is 10.6. The molecule has 0 saturated heterocycles. The van der Waals surface area contributed by atoms with Gasteiger partial charge in [0.25, 0.3) is 5.91 Å². The van der Waals surface area contributed by atoms with Gasteiger partial charge in [0.05, 0.1) is 6.61 Å². The lowest BCUT2D eigenvalue weighted by Gasteiger charge is -2.08. The van der Waals surface area contributed by atoms with Crippen molar-refractivity contribution < 1.29 is 9.53 Å². The Morgan fingerprint density at radius 2 is 2.03 bits per heavy atom. The average Bonchev–Trinajstić information content (AvgIpc) is 3.19. The molecule has 5 nitrogen and oxygen atoms in total. The maximum atomic E-state index is 12.6. The van der Waals surface area contributed by atoms with E-state index in [9.17, 15) is 10.1 Å². The number of hydrogen-bond donors (Lipinski definition) is 1. The summed E-state index contributed by atoms with van der Waals surface area (Å²) in [6.45, 7) is 2.58. The summed E-state index contributed by atoms with van der Waals surface area (Å²) in [5.74, 6) is 0.134. The monoisotopic (exact) mass is 437 g/mol. The number of carbonyl (C=O) groups excluding carboxylic acids is 1. The third-order valence-electron chi connectivity index (χ3n) is 4.11. The third kappa shape index (κ3) is 5.93. The molecule has 3 aromatic rings. The summed E-state index contributed by atoms with van der Waals surface area (Å²) in [4.78, 5) is 17.8. The smallest absolute Gasteiger partial charge is 0.268 e. The van der Waals surface area contributed by atoms with Crippen molar-refractivity contribution in [2.45, 2.75) is 19.8 Å². The highest BCUT2D eigenvalue weighted by Crippen LogP contribution is 2.24. The van der Waals surface area contributed by atoms with Crippen LogP contribution < -0.4 is 10.1 Å². The van der Waals surface area contributed by atoms with Crippen LogP contribution in [0.1, 0.15) is 29.3 Å². The van der Waals surface area contributed by atoms with Crippen LogP contribution in [0.25, 0.3) is 6.08 Å². The third-order valence-corrected chi connectivity index (χ3v) is 5.28. The van der Waals surface area contributed by atoms with Gasteiger partial charge in [-0.05, 0) is 36.3 Å². The minimum atomic E-state index is -0.504. The maximum Gasteiger partial charge on any atom is 0.268 e. The molecule has 152 valence electrons. The van der Waals surface area contributed by atoms with Crippen molar-refractivity contribution in [1.29, 1.82) is 5.26 Å². The molecular formula is C23H20ClN3O2S. The molecule has 30 heavy (non-hydrogen) atoms. The number of thiazole rings is 1. The number of anilines is 1. The van der Waals surface area contributed by atoms with Crippen molar-refractivity contribution >= 4 is 40.1 Å². The number of ether oxygens (including phenoxy) is 1. The van der Waals surface area contributed by atoms with Crippen molar-refractivity contribution in [2.24, 2.45) is 0 Å². The molecule has 0 unspecified atom stereocenters. The van der Waals surface area contributed by atoms with Gasteiger partial charge in [0.2, 0.25) is 0 Å². The fourth-order valence-corrected chi connectivity index (χ4v) is 3.63. The minimum Gasteiger partial charge on any atom is -0.493 e. The van der Waals surface area contributed by atoms with Crippen LogP contribution in [0.3, 0.4) is 0 Å². The minimum absolute atomic E-state index is 0.0167. The van der Waals surface area contributed by atoms with E-state index in [0.29, 0.717) is 34.5 Å². The quantitative estimate of drug-likeness (QED) is 0.361. The molecule has 0 aliphatic rings. The van der Waals surface area contributed by atoms with Crippen LogP contribution >= 0.6 is 22.9 Å². The first kappa shape index (κ1) is 21.6. The van der Waals surface area contributed by atoms with Gasteiger partial charge in [0.1, 0.15) is 17.4 Å². The lowest BCUT2D eigenvalue weighted by molar-refractivity contribution is -0.112. The molecule has 0 aliphatic heterocycles. The molecule has 1 N–H and O–H groups in total. The van der Waals surface area contributed by atoms with Gasteiger partial charge in [-0.3, -0.25) is 10.1 Å². The molecule has 7 heteroatoms. The highest BCUT2D eigenvalue weighted by atomic mass is 35.5. The SMILES string of the molecule is CCCOc1ccccc1/C=C(\C#N)C(=O)Nc1ncc(Cc2ccc(Cl)cc2)s1. The van der Waals surface area contributed by atoms with E-state index >= 15 is 0 Å². The second-order valence-electron chi connectivity index (χ2n) is 6.45. The van der Waals surface area contributed by atoms with Crippen LogP contribution in [0, 0.1) is 11.3 Å². The van der Waals surface area contributed by atoms with Gasteiger partial charge < -0.3 is 4.74 Å². The van der Waals surface area contributed by atoms with E-state index in [1.807, 2.05) is 61.5 Å². The Kier molecular flexibility index (Phi) is 7.61. The van der Waals surface area contributed by atoms with Crippen molar-refractivity contribution in [1.82, 2.24) is 4.98 Å². The van der Waals surface area contributed by atoms with Crippen LogP contribution in [0.4, 0.5) is 5.13 Å². The number of nitriles is 1. The van der Waals surface area contributed by atoms with Crippen molar-refractivity contribution in [3.05, 3.63) is 81.3 Å². The van der Waals surface area contributed by atoms with E-state index < -0.39 is 5.91 Å². The number of carbonyl (C=O) groups is 1. The van der Waals surface area contributed by atoms with E-state index in [0.717, 1.165) is 16.9 Å². The van der Waals surface area contributed by atoms with Crippen LogP contribution in [0.5, 0.6) is 5.75 Å². The number of nitrogens with zero attached hydrogens (tertiary/aromatic N) is 2. The Hall–Kier alpha value is -3.14. The summed E-state index contributed by atoms with van der Waals surface area (Å²) in [6, 6.07) is 16.9. The molecule has 0 aliphatic carbocycles. The molecule has 1 aromatic heterocycles. The molecule has 0 bridgehead atoms. The zero-order valence-corrected chi connectivity index (χ0v) is 18.0. The average molecular weight is 438 g/mol. The summed E-state index contributed by atoms with van der Waals surface area (Å²) >= 11 is 7.29. The first-order valence-electron chi connectivity index (χ1n) is 9.43. The summed E-state index contributed by atoms with van der Waals surface area (Å²) < 4.78 is 5.69. The highest BCUT2D eigenvalue weighted by Gasteiger charge is 2.13. The lowest BCUT2D eigenvalue weighted by atomic mass is 10.1. The highest BCUT2D eigenvalue weighted by molar-refractivity contribution is 7.15. The van der Waals surface area contributed by atoms with Crippen molar-refractivity contribution in [3.63, 3.8) is 0 Å². The van der Waals surface area contributed by atoms with Crippen LogP contribution in [0.15, 0.2) is 60.3 Å². The molecule has 1 amide bonds. The second kappa shape index (κ2) is 10.6.